The van der Waals surface area contributed by atoms with Crippen LogP contribution in [0, 0.1) is 12.3 Å². The van der Waals surface area contributed by atoms with E-state index in [0.717, 1.165) is 93.2 Å². The molecule has 1 aliphatic heterocycles. The number of fused-ring (bicyclic) bond motifs is 10. The number of aryl methyl sites for hydroxylation is 1. The van der Waals surface area contributed by atoms with Gasteiger partial charge in [0.15, 0.2) is 0 Å². The predicted octanol–water partition coefficient (Wildman–Crippen LogP) is 17.5. The number of hydrogen-bond donors (Lipinski definition) is 0. The van der Waals surface area contributed by atoms with E-state index in [-0.39, 0.29) is 5.41 Å². The third-order valence-electron chi connectivity index (χ3n) is 13.5. The summed E-state index contributed by atoms with van der Waals surface area (Å²) in [4.78, 5) is 7.16. The van der Waals surface area contributed by atoms with E-state index in [9.17, 15) is 0 Å². The SMILES string of the molecule is [2H]C([2H])([2H])c1cc(-c2cccc3c4ccccc4c4ccccc4c4cccc5c4n(c23)CN5c2cccc(Oc3ccc4c5ccccc5n(-c5cc(C([2H])([2H])C(C)(C)C)ccn5)c4c3)c2)cc(C(C)(C)C)c1. The van der Waals surface area contributed by atoms with Crippen LogP contribution in [0.25, 0.3) is 82.1 Å². The van der Waals surface area contributed by atoms with Gasteiger partial charge in [-0.3, -0.25) is 4.57 Å². The van der Waals surface area contributed by atoms with Crippen molar-refractivity contribution < 1.29 is 11.6 Å². The van der Waals surface area contributed by atoms with Gasteiger partial charge in [-0.1, -0.05) is 168 Å². The molecule has 0 amide bonds. The number of hydrogen-bond acceptors (Lipinski definition) is 3. The topological polar surface area (TPSA) is 35.2 Å². The Morgan fingerprint density at radius 1 is 0.565 bits per heavy atom. The van der Waals surface area contributed by atoms with Crippen molar-refractivity contribution in [2.24, 2.45) is 5.41 Å². The molecule has 338 valence electrons. The third kappa shape index (κ3) is 7.45. The molecule has 0 saturated heterocycles. The molecule has 5 nitrogen and oxygen atoms in total. The van der Waals surface area contributed by atoms with Gasteiger partial charge in [-0.05, 0) is 111 Å². The van der Waals surface area contributed by atoms with E-state index in [0.29, 0.717) is 35.1 Å². The van der Waals surface area contributed by atoms with Gasteiger partial charge >= 0.3 is 0 Å². The minimum Gasteiger partial charge on any atom is -0.457 e. The number of aromatic nitrogens is 3. The molecule has 11 aromatic rings. The molecular formula is C64H56N4O. The molecule has 1 aliphatic rings. The molecule has 0 saturated carbocycles. The lowest BCUT2D eigenvalue weighted by molar-refractivity contribution is 0.411. The van der Waals surface area contributed by atoms with Gasteiger partial charge in [0.1, 0.15) is 24.0 Å². The lowest BCUT2D eigenvalue weighted by Crippen LogP contribution is -2.15. The molecule has 5 heteroatoms. The minimum absolute atomic E-state index is 0.305. The number of nitrogens with zero attached hydrogens (tertiary/aromatic N) is 4. The van der Waals surface area contributed by atoms with E-state index >= 15 is 0 Å². The Kier molecular flexibility index (Phi) is 8.68. The predicted molar refractivity (Wildman–Crippen MR) is 291 cm³/mol. The maximum Gasteiger partial charge on any atom is 0.137 e. The zero-order chi connectivity index (χ0) is 51.5. The highest BCUT2D eigenvalue weighted by atomic mass is 16.5. The fraction of sp³-hybridized carbons (Fsp3) is 0.172. The summed E-state index contributed by atoms with van der Waals surface area (Å²) in [5.41, 5.74) is 8.61. The number of para-hydroxylation sites is 3. The van der Waals surface area contributed by atoms with E-state index in [1.807, 2.05) is 75.4 Å². The first-order valence-corrected chi connectivity index (χ1v) is 23.8. The average molecular weight is 902 g/mol. The molecule has 69 heavy (non-hydrogen) atoms. The first kappa shape index (κ1) is 37.1. The Hall–Kier alpha value is -7.89. The van der Waals surface area contributed by atoms with Crippen LogP contribution in [0.2, 0.25) is 0 Å². The van der Waals surface area contributed by atoms with Crippen LogP contribution in [0.5, 0.6) is 11.5 Å². The highest BCUT2D eigenvalue weighted by Crippen LogP contribution is 2.46. The van der Waals surface area contributed by atoms with Crippen molar-refractivity contribution in [1.82, 2.24) is 14.1 Å². The van der Waals surface area contributed by atoms with Gasteiger partial charge in [0.2, 0.25) is 0 Å². The first-order valence-electron chi connectivity index (χ1n) is 26.3. The Morgan fingerprint density at radius 2 is 1.20 bits per heavy atom. The molecule has 0 spiro atoms. The standard InChI is InChI=1S/C64H56N4O/c1-41-33-43(36-44(34-41)64(5,6)7)48-24-15-25-55-51-21-10-8-19-49(51)50-20-9-11-22-52(50)56-26-16-28-58-62(56)67(61(48)55)40-66(58)45-17-14-18-46(37-45)69-47-29-30-54-53-23-12-13-27-57(53)68(59(54)38-47)60-35-42(31-32-65-60)39-63(2,3)4/h8-38H,39-40H2,1-7H3/i1D3,39D2. The molecule has 0 bridgehead atoms. The van der Waals surface area contributed by atoms with E-state index in [1.165, 1.54) is 0 Å². The van der Waals surface area contributed by atoms with Crippen LogP contribution in [0.4, 0.5) is 11.4 Å². The lowest BCUT2D eigenvalue weighted by Gasteiger charge is -2.22. The quantitative estimate of drug-likeness (QED) is 0.167. The fourth-order valence-electron chi connectivity index (χ4n) is 10.5. The zero-order valence-electron chi connectivity index (χ0n) is 44.8. The molecule has 0 aliphatic carbocycles. The summed E-state index contributed by atoms with van der Waals surface area (Å²) in [5.74, 6) is 1.94. The largest absolute Gasteiger partial charge is 0.457 e. The Morgan fingerprint density at radius 3 is 1.93 bits per heavy atom. The monoisotopic (exact) mass is 901 g/mol. The fourth-order valence-corrected chi connectivity index (χ4v) is 10.5. The zero-order valence-corrected chi connectivity index (χ0v) is 39.8. The molecule has 0 radical (unpaired) electrons. The number of rotatable bonds is 6. The van der Waals surface area contributed by atoms with Crippen molar-refractivity contribution in [3.8, 4) is 28.4 Å². The van der Waals surface area contributed by atoms with Crippen molar-refractivity contribution in [3.05, 3.63) is 205 Å². The Balaban J connectivity index is 1.04. The van der Waals surface area contributed by atoms with Crippen LogP contribution in [-0.2, 0) is 18.5 Å². The van der Waals surface area contributed by atoms with Gasteiger partial charge < -0.3 is 14.2 Å². The summed E-state index contributed by atoms with van der Waals surface area (Å²) < 4.78 is 55.4. The summed E-state index contributed by atoms with van der Waals surface area (Å²) >= 11 is 0. The van der Waals surface area contributed by atoms with Crippen LogP contribution in [0.15, 0.2) is 188 Å². The van der Waals surface area contributed by atoms with Gasteiger partial charge in [0.05, 0.1) is 27.8 Å². The van der Waals surface area contributed by atoms with Gasteiger partial charge in [-0.15, -0.1) is 0 Å². The van der Waals surface area contributed by atoms with Crippen LogP contribution < -0.4 is 9.64 Å². The van der Waals surface area contributed by atoms with Crippen molar-refractivity contribution >= 4 is 76.5 Å². The van der Waals surface area contributed by atoms with Gasteiger partial charge in [0.25, 0.3) is 0 Å². The molecular weight excluding hydrogens is 841 g/mol. The van der Waals surface area contributed by atoms with Gasteiger partial charge in [-0.2, -0.15) is 0 Å². The summed E-state index contributed by atoms with van der Waals surface area (Å²) in [6.45, 7) is 10.3. The first-order chi connectivity index (χ1) is 35.3. The minimum atomic E-state index is -2.31. The summed E-state index contributed by atoms with van der Waals surface area (Å²) in [6.07, 6.45) is 0.100. The molecule has 3 aromatic heterocycles. The van der Waals surface area contributed by atoms with Crippen molar-refractivity contribution in [2.45, 2.75) is 66.9 Å². The average Bonchev–Trinajstić information content (AvgIpc) is 3.95. The summed E-state index contributed by atoms with van der Waals surface area (Å²) in [5, 5.41) is 8.71. The van der Waals surface area contributed by atoms with Crippen LogP contribution >= 0.6 is 0 Å². The molecule has 0 N–H and O–H groups in total. The van der Waals surface area contributed by atoms with Crippen molar-refractivity contribution in [1.29, 1.82) is 0 Å². The second kappa shape index (κ2) is 16.1. The van der Waals surface area contributed by atoms with E-state index < -0.39 is 18.6 Å². The summed E-state index contributed by atoms with van der Waals surface area (Å²) in [6, 6.07) is 62.4. The second-order valence-corrected chi connectivity index (χ2v) is 20.4. The second-order valence-electron chi connectivity index (χ2n) is 20.4. The lowest BCUT2D eigenvalue weighted by atomic mass is 9.84. The van der Waals surface area contributed by atoms with Gasteiger partial charge in [0, 0.05) is 58.0 Å². The van der Waals surface area contributed by atoms with Gasteiger partial charge in [-0.25, -0.2) is 4.98 Å². The van der Waals surface area contributed by atoms with E-state index in [4.69, 9.17) is 16.6 Å². The third-order valence-corrected chi connectivity index (χ3v) is 13.5. The maximum absolute atomic E-state index is 9.08. The normalized spacial score (nSPS) is 14.3. The maximum atomic E-state index is 9.08. The number of ether oxygens (including phenoxy) is 1. The van der Waals surface area contributed by atoms with Crippen LogP contribution in [0.3, 0.4) is 0 Å². The smallest absolute Gasteiger partial charge is 0.137 e. The molecule has 0 atom stereocenters. The van der Waals surface area contributed by atoms with E-state index in [1.54, 1.807) is 12.3 Å². The van der Waals surface area contributed by atoms with Crippen molar-refractivity contribution in [2.75, 3.05) is 4.90 Å². The van der Waals surface area contributed by atoms with E-state index in [2.05, 4.69) is 156 Å². The Labute approximate surface area is 411 Å². The number of anilines is 2. The van der Waals surface area contributed by atoms with Crippen LogP contribution in [0.1, 0.15) is 65.1 Å². The molecule has 0 unspecified atom stereocenters. The molecule has 8 aromatic carbocycles. The Bertz CT molecular complexity index is 4120. The number of pyridine rings is 1. The molecule has 4 heterocycles. The summed E-state index contributed by atoms with van der Waals surface area (Å²) in [7, 11) is 0. The molecule has 12 rings (SSSR count). The van der Waals surface area contributed by atoms with Crippen LogP contribution in [-0.4, -0.2) is 14.1 Å². The highest BCUT2D eigenvalue weighted by molar-refractivity contribution is 6.22. The number of benzene rings is 8. The molecule has 0 fully saturated rings. The highest BCUT2D eigenvalue weighted by Gasteiger charge is 2.26. The van der Waals surface area contributed by atoms with Crippen molar-refractivity contribution in [3.63, 3.8) is 0 Å².